The maximum atomic E-state index is 10.6. The summed E-state index contributed by atoms with van der Waals surface area (Å²) in [4.78, 5) is 19.9. The summed E-state index contributed by atoms with van der Waals surface area (Å²) in [5.74, 6) is 0. The Morgan fingerprint density at radius 3 is 2.86 bits per heavy atom. The number of aryl methyl sites for hydroxylation is 1. The molecule has 2 aromatic rings. The zero-order valence-electron chi connectivity index (χ0n) is 7.60. The molecule has 0 N–H and O–H groups in total. The first kappa shape index (κ1) is 9.02. The van der Waals surface area contributed by atoms with E-state index < -0.39 is 0 Å². The number of carbonyl (C=O) groups excluding carboxylic acids is 1. The summed E-state index contributed by atoms with van der Waals surface area (Å²) < 4.78 is 0. The van der Waals surface area contributed by atoms with Gasteiger partial charge in [0.2, 0.25) is 0 Å². The van der Waals surface area contributed by atoms with E-state index in [-0.39, 0.29) is 0 Å². The minimum absolute atomic E-state index is 0.510. The van der Waals surface area contributed by atoms with Crippen LogP contribution in [-0.2, 0) is 0 Å². The number of thiazole rings is 1. The highest BCUT2D eigenvalue weighted by atomic mass is 32.1. The van der Waals surface area contributed by atoms with Crippen molar-refractivity contribution in [3.8, 4) is 10.7 Å². The quantitative estimate of drug-likeness (QED) is 0.705. The van der Waals surface area contributed by atoms with Crippen molar-refractivity contribution < 1.29 is 4.79 Å². The summed E-state index contributed by atoms with van der Waals surface area (Å²) in [5.41, 5.74) is 1.32. The third kappa shape index (κ3) is 1.56. The Bertz CT molecular complexity index is 450. The van der Waals surface area contributed by atoms with Gasteiger partial charge in [0.1, 0.15) is 10.7 Å². The summed E-state index contributed by atoms with van der Waals surface area (Å²) in [6, 6.07) is 5.64. The molecule has 0 amide bonds. The molecule has 14 heavy (non-hydrogen) atoms. The van der Waals surface area contributed by atoms with Gasteiger partial charge < -0.3 is 0 Å². The highest BCUT2D eigenvalue weighted by Gasteiger charge is 2.08. The van der Waals surface area contributed by atoms with Crippen molar-refractivity contribution in [2.75, 3.05) is 0 Å². The van der Waals surface area contributed by atoms with Crippen molar-refractivity contribution in [2.45, 2.75) is 6.92 Å². The fourth-order valence-corrected chi connectivity index (χ4v) is 1.97. The molecule has 0 saturated heterocycles. The Hall–Kier alpha value is -1.55. The number of aldehydes is 1. The standard InChI is InChI=1S/C10H8N2OS/c1-7-9(6-13)12-10(14-7)8-4-2-3-5-11-8/h2-6H,1H3. The van der Waals surface area contributed by atoms with Gasteiger partial charge in [0.25, 0.3) is 0 Å². The molecule has 0 saturated carbocycles. The van der Waals surface area contributed by atoms with Crippen LogP contribution in [0.5, 0.6) is 0 Å². The molecule has 0 aromatic carbocycles. The van der Waals surface area contributed by atoms with Crippen LogP contribution >= 0.6 is 11.3 Å². The van der Waals surface area contributed by atoms with E-state index in [1.807, 2.05) is 25.1 Å². The number of hydrogen-bond donors (Lipinski definition) is 0. The highest BCUT2D eigenvalue weighted by molar-refractivity contribution is 7.15. The highest BCUT2D eigenvalue weighted by Crippen LogP contribution is 2.24. The SMILES string of the molecule is Cc1sc(-c2ccccn2)nc1C=O. The van der Waals surface area contributed by atoms with Crippen LogP contribution in [0.2, 0.25) is 0 Å². The molecule has 0 fully saturated rings. The summed E-state index contributed by atoms with van der Waals surface area (Å²) in [7, 11) is 0. The number of carbonyl (C=O) groups is 1. The van der Waals surface area contributed by atoms with Crippen molar-refractivity contribution in [1.82, 2.24) is 9.97 Å². The molecular formula is C10H8N2OS. The van der Waals surface area contributed by atoms with Gasteiger partial charge >= 0.3 is 0 Å². The van der Waals surface area contributed by atoms with Gasteiger partial charge in [0, 0.05) is 11.1 Å². The smallest absolute Gasteiger partial charge is 0.169 e. The molecule has 0 bridgehead atoms. The van der Waals surface area contributed by atoms with E-state index in [9.17, 15) is 4.79 Å². The van der Waals surface area contributed by atoms with Crippen LogP contribution in [0.4, 0.5) is 0 Å². The summed E-state index contributed by atoms with van der Waals surface area (Å²) in [5, 5.41) is 0.796. The normalized spacial score (nSPS) is 10.1. The second-order valence-electron chi connectivity index (χ2n) is 2.79. The molecule has 0 aliphatic rings. The molecule has 2 aromatic heterocycles. The number of rotatable bonds is 2. The van der Waals surface area contributed by atoms with Crippen molar-refractivity contribution in [3.63, 3.8) is 0 Å². The van der Waals surface area contributed by atoms with E-state index in [2.05, 4.69) is 9.97 Å². The molecule has 2 rings (SSSR count). The molecule has 0 aliphatic heterocycles. The van der Waals surface area contributed by atoms with Crippen molar-refractivity contribution in [1.29, 1.82) is 0 Å². The lowest BCUT2D eigenvalue weighted by Gasteiger charge is -1.91. The molecule has 0 unspecified atom stereocenters. The predicted molar refractivity (Wildman–Crippen MR) is 55.5 cm³/mol. The molecule has 2 heterocycles. The van der Waals surface area contributed by atoms with E-state index in [1.165, 1.54) is 11.3 Å². The summed E-state index contributed by atoms with van der Waals surface area (Å²) in [6.45, 7) is 1.88. The number of pyridine rings is 1. The van der Waals surface area contributed by atoms with Gasteiger partial charge in [-0.05, 0) is 19.1 Å². The topological polar surface area (TPSA) is 42.9 Å². The van der Waals surface area contributed by atoms with Crippen LogP contribution in [0.15, 0.2) is 24.4 Å². The Balaban J connectivity index is 2.48. The van der Waals surface area contributed by atoms with Crippen molar-refractivity contribution in [3.05, 3.63) is 35.0 Å². The second kappa shape index (κ2) is 3.67. The molecule has 3 nitrogen and oxygen atoms in total. The fraction of sp³-hybridized carbons (Fsp3) is 0.100. The first-order chi connectivity index (χ1) is 6.81. The van der Waals surface area contributed by atoms with Crippen LogP contribution in [-0.4, -0.2) is 16.3 Å². The van der Waals surface area contributed by atoms with Gasteiger partial charge in [-0.1, -0.05) is 6.07 Å². The summed E-state index contributed by atoms with van der Waals surface area (Å²) >= 11 is 1.49. The fourth-order valence-electron chi connectivity index (χ4n) is 1.12. The average molecular weight is 204 g/mol. The zero-order chi connectivity index (χ0) is 9.97. The minimum Gasteiger partial charge on any atom is -0.296 e. The molecular weight excluding hydrogens is 196 g/mol. The summed E-state index contributed by atoms with van der Waals surface area (Å²) in [6.07, 6.45) is 2.49. The van der Waals surface area contributed by atoms with Gasteiger partial charge in [-0.3, -0.25) is 9.78 Å². The lowest BCUT2D eigenvalue weighted by molar-refractivity contribution is 0.111. The third-order valence-electron chi connectivity index (χ3n) is 1.83. The Labute approximate surface area is 85.5 Å². The largest absolute Gasteiger partial charge is 0.296 e. The molecule has 70 valence electrons. The maximum absolute atomic E-state index is 10.6. The van der Waals surface area contributed by atoms with E-state index in [4.69, 9.17) is 0 Å². The van der Waals surface area contributed by atoms with Gasteiger partial charge in [0.15, 0.2) is 6.29 Å². The molecule has 0 radical (unpaired) electrons. The first-order valence-corrected chi connectivity index (χ1v) is 4.97. The number of aromatic nitrogens is 2. The van der Waals surface area contributed by atoms with Crippen LogP contribution in [0.3, 0.4) is 0 Å². The van der Waals surface area contributed by atoms with E-state index in [1.54, 1.807) is 6.20 Å². The monoisotopic (exact) mass is 204 g/mol. The van der Waals surface area contributed by atoms with E-state index in [0.717, 1.165) is 21.9 Å². The van der Waals surface area contributed by atoms with Crippen LogP contribution < -0.4 is 0 Å². The average Bonchev–Trinajstić information content (AvgIpc) is 2.61. The molecule has 0 aliphatic carbocycles. The van der Waals surface area contributed by atoms with Gasteiger partial charge in [0.05, 0.1) is 5.69 Å². The van der Waals surface area contributed by atoms with E-state index in [0.29, 0.717) is 5.69 Å². The van der Waals surface area contributed by atoms with Gasteiger partial charge in [-0.15, -0.1) is 11.3 Å². The lowest BCUT2D eigenvalue weighted by Crippen LogP contribution is -1.83. The van der Waals surface area contributed by atoms with Crippen LogP contribution in [0.25, 0.3) is 10.7 Å². The predicted octanol–water partition coefficient (Wildman–Crippen LogP) is 2.33. The Morgan fingerprint density at radius 1 is 1.43 bits per heavy atom. The first-order valence-electron chi connectivity index (χ1n) is 4.15. The van der Waals surface area contributed by atoms with Crippen LogP contribution in [0.1, 0.15) is 15.4 Å². The molecule has 4 heteroatoms. The van der Waals surface area contributed by atoms with E-state index >= 15 is 0 Å². The Morgan fingerprint density at radius 2 is 2.29 bits per heavy atom. The van der Waals surface area contributed by atoms with Crippen LogP contribution in [0, 0.1) is 6.92 Å². The minimum atomic E-state index is 0.510. The molecule has 0 spiro atoms. The number of nitrogens with zero attached hydrogens (tertiary/aromatic N) is 2. The zero-order valence-corrected chi connectivity index (χ0v) is 8.41. The van der Waals surface area contributed by atoms with Crippen molar-refractivity contribution >= 4 is 17.6 Å². The van der Waals surface area contributed by atoms with Gasteiger partial charge in [-0.2, -0.15) is 0 Å². The lowest BCUT2D eigenvalue weighted by atomic mass is 10.3. The van der Waals surface area contributed by atoms with Crippen molar-refractivity contribution in [2.24, 2.45) is 0 Å². The van der Waals surface area contributed by atoms with Gasteiger partial charge in [-0.25, -0.2) is 4.98 Å². The maximum Gasteiger partial charge on any atom is 0.169 e. The molecule has 0 atom stereocenters. The second-order valence-corrected chi connectivity index (χ2v) is 4.00. The third-order valence-corrected chi connectivity index (χ3v) is 2.84. The Kier molecular flexibility index (Phi) is 2.37. The number of hydrogen-bond acceptors (Lipinski definition) is 4.